The molecule has 5 heteroatoms. The van der Waals surface area contributed by atoms with Crippen molar-refractivity contribution in [3.63, 3.8) is 0 Å². The minimum Gasteiger partial charge on any atom is -0.464 e. The number of carbonyl (C=O) groups excluding carboxylic acids is 1. The van der Waals surface area contributed by atoms with Crippen LogP contribution in [0.3, 0.4) is 0 Å². The Balaban J connectivity index is 2.14. The van der Waals surface area contributed by atoms with Gasteiger partial charge in [0.1, 0.15) is 6.04 Å². The van der Waals surface area contributed by atoms with Crippen LogP contribution in [0.5, 0.6) is 0 Å². The molecule has 0 bridgehead atoms. The van der Waals surface area contributed by atoms with Crippen molar-refractivity contribution in [3.8, 4) is 0 Å². The molecule has 2 N–H and O–H groups in total. The van der Waals surface area contributed by atoms with Crippen LogP contribution >= 0.6 is 0 Å². The van der Waals surface area contributed by atoms with Crippen LogP contribution in [0.4, 0.5) is 0 Å². The van der Waals surface area contributed by atoms with Crippen molar-refractivity contribution in [1.29, 1.82) is 0 Å². The molecule has 5 nitrogen and oxygen atoms in total. The monoisotopic (exact) mass is 267 g/mol. The van der Waals surface area contributed by atoms with Gasteiger partial charge in [0, 0.05) is 20.1 Å². The second-order valence-electron chi connectivity index (χ2n) is 4.01. The Hall–Kier alpha value is -1.43. The molecule has 0 aliphatic carbocycles. The van der Waals surface area contributed by atoms with E-state index in [1.54, 1.807) is 19.2 Å². The van der Waals surface area contributed by atoms with Gasteiger partial charge in [-0.3, -0.25) is 0 Å². The van der Waals surface area contributed by atoms with Crippen molar-refractivity contribution in [2.24, 2.45) is 5.73 Å². The van der Waals surface area contributed by atoms with E-state index in [9.17, 15) is 4.79 Å². The lowest BCUT2D eigenvalue weighted by Gasteiger charge is -2.11. The van der Waals surface area contributed by atoms with Crippen molar-refractivity contribution in [2.45, 2.75) is 12.5 Å². The minimum atomic E-state index is -0.726. The smallest absolute Gasteiger partial charge is 0.327 e. The van der Waals surface area contributed by atoms with Crippen LogP contribution in [-0.2, 0) is 19.0 Å². The maximum atomic E-state index is 11.7. The van der Waals surface area contributed by atoms with Gasteiger partial charge in [-0.15, -0.1) is 0 Å². The fourth-order valence-corrected chi connectivity index (χ4v) is 1.46. The van der Waals surface area contributed by atoms with Gasteiger partial charge >= 0.3 is 5.97 Å². The number of ether oxygens (including phenoxy) is 3. The molecule has 0 aliphatic rings. The first-order chi connectivity index (χ1) is 9.25. The topological polar surface area (TPSA) is 70.8 Å². The molecule has 0 amide bonds. The maximum absolute atomic E-state index is 11.7. The number of methoxy groups -OCH3 is 1. The molecule has 1 aromatic rings. The van der Waals surface area contributed by atoms with E-state index >= 15 is 0 Å². The molecule has 0 radical (unpaired) electrons. The van der Waals surface area contributed by atoms with Gasteiger partial charge in [-0.1, -0.05) is 30.3 Å². The van der Waals surface area contributed by atoms with E-state index in [1.807, 2.05) is 18.2 Å². The minimum absolute atomic E-state index is 0.312. The van der Waals surface area contributed by atoms with E-state index < -0.39 is 12.0 Å². The Morgan fingerprint density at radius 2 is 1.89 bits per heavy atom. The summed E-state index contributed by atoms with van der Waals surface area (Å²) in [7, 11) is 1.62. The zero-order chi connectivity index (χ0) is 13.9. The van der Waals surface area contributed by atoms with Gasteiger partial charge < -0.3 is 19.9 Å². The summed E-state index contributed by atoms with van der Waals surface area (Å²) in [5.41, 5.74) is 6.55. The van der Waals surface area contributed by atoms with Gasteiger partial charge in [-0.05, 0) is 5.56 Å². The van der Waals surface area contributed by atoms with Crippen LogP contribution in [0.25, 0.3) is 0 Å². The van der Waals surface area contributed by atoms with Crippen molar-refractivity contribution >= 4 is 5.97 Å². The van der Waals surface area contributed by atoms with E-state index in [4.69, 9.17) is 19.9 Å². The lowest BCUT2D eigenvalue weighted by molar-refractivity contribution is -0.145. The first kappa shape index (κ1) is 15.6. The maximum Gasteiger partial charge on any atom is 0.327 e. The van der Waals surface area contributed by atoms with Crippen LogP contribution in [-0.4, -0.2) is 39.5 Å². The summed E-state index contributed by atoms with van der Waals surface area (Å²) in [5, 5.41) is 0. The average Bonchev–Trinajstić information content (AvgIpc) is 2.46. The number of benzene rings is 1. The van der Waals surface area contributed by atoms with Crippen LogP contribution in [0, 0.1) is 0 Å². The third kappa shape index (κ3) is 6.33. The van der Waals surface area contributed by atoms with Crippen LogP contribution in [0.15, 0.2) is 30.3 Å². The van der Waals surface area contributed by atoms with E-state index in [2.05, 4.69) is 0 Å². The second kappa shape index (κ2) is 9.49. The molecular formula is C14H21NO4. The highest BCUT2D eigenvalue weighted by molar-refractivity contribution is 5.77. The first-order valence-electron chi connectivity index (χ1n) is 6.29. The third-order valence-corrected chi connectivity index (χ3v) is 2.52. The summed E-state index contributed by atoms with van der Waals surface area (Å²) in [6.45, 7) is 1.97. The number of hydrogen-bond donors (Lipinski definition) is 1. The van der Waals surface area contributed by atoms with Crippen LogP contribution in [0.1, 0.15) is 18.0 Å². The molecule has 0 unspecified atom stereocenters. The zero-order valence-electron chi connectivity index (χ0n) is 11.2. The number of hydrogen-bond acceptors (Lipinski definition) is 5. The molecule has 0 aromatic heterocycles. The van der Waals surface area contributed by atoms with Gasteiger partial charge in [0.25, 0.3) is 0 Å². The van der Waals surface area contributed by atoms with Gasteiger partial charge in [-0.2, -0.15) is 0 Å². The normalized spacial score (nSPS) is 12.1. The van der Waals surface area contributed by atoms with Crippen LogP contribution in [0.2, 0.25) is 0 Å². The van der Waals surface area contributed by atoms with E-state index in [0.717, 1.165) is 5.56 Å². The van der Waals surface area contributed by atoms with Crippen molar-refractivity contribution in [1.82, 2.24) is 0 Å². The summed E-state index contributed by atoms with van der Waals surface area (Å²) >= 11 is 0. The largest absolute Gasteiger partial charge is 0.464 e. The van der Waals surface area contributed by atoms with Gasteiger partial charge in [0.15, 0.2) is 0 Å². The molecule has 106 valence electrons. The van der Waals surface area contributed by atoms with E-state index in [1.165, 1.54) is 0 Å². The fourth-order valence-electron chi connectivity index (χ4n) is 1.46. The Bertz CT molecular complexity index is 356. The van der Waals surface area contributed by atoms with Gasteiger partial charge in [0.2, 0.25) is 0 Å². The van der Waals surface area contributed by atoms with E-state index in [0.29, 0.717) is 32.8 Å². The third-order valence-electron chi connectivity index (χ3n) is 2.52. The highest BCUT2D eigenvalue weighted by Gasteiger charge is 2.16. The zero-order valence-corrected chi connectivity index (χ0v) is 11.2. The van der Waals surface area contributed by atoms with Crippen LogP contribution < -0.4 is 5.73 Å². The Kier molecular flexibility index (Phi) is 7.81. The average molecular weight is 267 g/mol. The molecule has 0 heterocycles. The number of nitrogens with two attached hydrogens (primary N) is 1. The summed E-state index contributed by atoms with van der Waals surface area (Å²) in [4.78, 5) is 11.7. The fraction of sp³-hybridized carbons (Fsp3) is 0.500. The second-order valence-corrected chi connectivity index (χ2v) is 4.01. The highest BCUT2D eigenvalue weighted by Crippen LogP contribution is 2.10. The molecule has 0 saturated heterocycles. The molecule has 0 fully saturated rings. The number of rotatable bonds is 9. The summed E-state index contributed by atoms with van der Waals surface area (Å²) < 4.78 is 15.2. The highest BCUT2D eigenvalue weighted by atomic mass is 16.5. The van der Waals surface area contributed by atoms with Crippen molar-refractivity contribution in [2.75, 3.05) is 33.5 Å². The molecule has 19 heavy (non-hydrogen) atoms. The van der Waals surface area contributed by atoms with Gasteiger partial charge in [-0.25, -0.2) is 4.79 Å². The SMILES string of the molecule is COCCOCCCOC(=O)[C@H](N)c1ccccc1. The number of esters is 1. The summed E-state index contributed by atoms with van der Waals surface area (Å²) in [5.74, 6) is -0.414. The molecule has 0 aliphatic heterocycles. The molecule has 0 saturated carbocycles. The Morgan fingerprint density at radius 3 is 2.58 bits per heavy atom. The summed E-state index contributed by atoms with van der Waals surface area (Å²) in [6.07, 6.45) is 0.650. The number of carbonyl (C=O) groups is 1. The summed E-state index contributed by atoms with van der Waals surface area (Å²) in [6, 6.07) is 8.44. The van der Waals surface area contributed by atoms with Crippen molar-refractivity contribution in [3.05, 3.63) is 35.9 Å². The first-order valence-corrected chi connectivity index (χ1v) is 6.29. The predicted octanol–water partition coefficient (Wildman–Crippen LogP) is 1.28. The Labute approximate surface area is 113 Å². The predicted molar refractivity (Wildman–Crippen MR) is 71.6 cm³/mol. The standard InChI is InChI=1S/C14H21NO4/c1-17-10-11-18-8-5-9-19-14(16)13(15)12-6-3-2-4-7-12/h2-4,6-7,13H,5,8-11,15H2,1H3/t13-/m1/s1. The molecule has 1 aromatic carbocycles. The molecule has 0 spiro atoms. The quantitative estimate of drug-likeness (QED) is 0.539. The van der Waals surface area contributed by atoms with Crippen molar-refractivity contribution < 1.29 is 19.0 Å². The Morgan fingerprint density at radius 1 is 1.16 bits per heavy atom. The van der Waals surface area contributed by atoms with E-state index in [-0.39, 0.29) is 0 Å². The van der Waals surface area contributed by atoms with Gasteiger partial charge in [0.05, 0.1) is 19.8 Å². The lowest BCUT2D eigenvalue weighted by Crippen LogP contribution is -2.24. The molecule has 1 rings (SSSR count). The lowest BCUT2D eigenvalue weighted by atomic mass is 10.1. The molecular weight excluding hydrogens is 246 g/mol. The molecule has 1 atom stereocenters.